The predicted molar refractivity (Wildman–Crippen MR) is 62.9 cm³/mol. The number of hydrogen-bond donors (Lipinski definition) is 3. The number of carbonyl (C=O) groups is 1. The van der Waals surface area contributed by atoms with Gasteiger partial charge in [-0.25, -0.2) is 4.98 Å². The van der Waals surface area contributed by atoms with Crippen LogP contribution in [0.25, 0.3) is 0 Å². The molecule has 1 heterocycles. The van der Waals surface area contributed by atoms with Crippen molar-refractivity contribution in [1.29, 1.82) is 0 Å². The van der Waals surface area contributed by atoms with Gasteiger partial charge in [0.1, 0.15) is 12.2 Å². The quantitative estimate of drug-likeness (QED) is 0.718. The third kappa shape index (κ3) is 2.63. The van der Waals surface area contributed by atoms with Crippen LogP contribution in [0.1, 0.15) is 50.9 Å². The molecule has 1 aromatic rings. The fourth-order valence-corrected chi connectivity index (χ4v) is 2.24. The predicted octanol–water partition coefficient (Wildman–Crippen LogP) is 0.643. The first-order valence-electron chi connectivity index (χ1n) is 6.07. The summed E-state index contributed by atoms with van der Waals surface area (Å²) in [5, 5.41) is 9.40. The van der Waals surface area contributed by atoms with E-state index in [2.05, 4.69) is 20.5 Å². The van der Waals surface area contributed by atoms with Crippen LogP contribution >= 0.6 is 0 Å². The van der Waals surface area contributed by atoms with Gasteiger partial charge in [-0.15, -0.1) is 0 Å². The molecule has 17 heavy (non-hydrogen) atoms. The van der Waals surface area contributed by atoms with Crippen molar-refractivity contribution in [1.82, 2.24) is 20.5 Å². The second kappa shape index (κ2) is 4.83. The Bertz CT molecular complexity index is 369. The lowest BCUT2D eigenvalue weighted by Gasteiger charge is -2.32. The fraction of sp³-hybridized carbons (Fsp3) is 0.727. The summed E-state index contributed by atoms with van der Waals surface area (Å²) in [6, 6.07) is -0.188. The Labute approximate surface area is 100 Å². The number of amides is 1. The van der Waals surface area contributed by atoms with E-state index in [1.807, 2.05) is 6.92 Å². The number of hydrogen-bond acceptors (Lipinski definition) is 4. The van der Waals surface area contributed by atoms with E-state index in [9.17, 15) is 4.79 Å². The Morgan fingerprint density at radius 3 is 2.82 bits per heavy atom. The molecule has 6 nitrogen and oxygen atoms in total. The van der Waals surface area contributed by atoms with E-state index in [4.69, 9.17) is 5.73 Å². The molecule has 1 unspecified atom stereocenters. The van der Waals surface area contributed by atoms with Crippen LogP contribution in [-0.2, 0) is 4.79 Å². The zero-order valence-corrected chi connectivity index (χ0v) is 10.1. The second-order valence-corrected chi connectivity index (χ2v) is 4.78. The van der Waals surface area contributed by atoms with Crippen molar-refractivity contribution < 1.29 is 4.79 Å². The summed E-state index contributed by atoms with van der Waals surface area (Å²) in [5.41, 5.74) is 5.44. The molecule has 1 aliphatic rings. The summed E-state index contributed by atoms with van der Waals surface area (Å²) in [6.45, 7) is 1.87. The lowest BCUT2D eigenvalue weighted by atomic mass is 9.82. The van der Waals surface area contributed by atoms with Crippen LogP contribution in [0.2, 0.25) is 0 Å². The fourth-order valence-electron chi connectivity index (χ4n) is 2.24. The van der Waals surface area contributed by atoms with Crippen LogP contribution < -0.4 is 11.1 Å². The molecule has 1 amide bonds. The molecule has 1 saturated carbocycles. The number of nitrogens with one attached hydrogen (secondary N) is 2. The molecular weight excluding hydrogens is 218 g/mol. The van der Waals surface area contributed by atoms with E-state index < -0.39 is 5.54 Å². The molecule has 1 atom stereocenters. The smallest absolute Gasteiger partial charge is 0.240 e. The van der Waals surface area contributed by atoms with E-state index in [1.54, 1.807) is 0 Å². The summed E-state index contributed by atoms with van der Waals surface area (Å²) >= 11 is 0. The first kappa shape index (κ1) is 12.0. The Morgan fingerprint density at radius 2 is 2.24 bits per heavy atom. The van der Waals surface area contributed by atoms with Gasteiger partial charge in [-0.3, -0.25) is 9.89 Å². The van der Waals surface area contributed by atoms with E-state index >= 15 is 0 Å². The van der Waals surface area contributed by atoms with Gasteiger partial charge in [0.05, 0.1) is 11.6 Å². The number of carbonyl (C=O) groups excluding carboxylic acids is 1. The van der Waals surface area contributed by atoms with Gasteiger partial charge in [0.2, 0.25) is 5.91 Å². The number of nitrogens with zero attached hydrogens (tertiary/aromatic N) is 2. The van der Waals surface area contributed by atoms with Crippen molar-refractivity contribution in [3.63, 3.8) is 0 Å². The lowest BCUT2D eigenvalue weighted by Crippen LogP contribution is -2.55. The highest BCUT2D eigenvalue weighted by atomic mass is 16.2. The van der Waals surface area contributed by atoms with Gasteiger partial charge in [-0.05, 0) is 19.8 Å². The van der Waals surface area contributed by atoms with Crippen molar-refractivity contribution in [3.8, 4) is 0 Å². The first-order chi connectivity index (χ1) is 8.12. The number of nitrogens with two attached hydrogens (primary N) is 1. The zero-order chi connectivity index (χ0) is 12.3. The number of rotatable bonds is 3. The molecule has 4 N–H and O–H groups in total. The van der Waals surface area contributed by atoms with Crippen molar-refractivity contribution >= 4 is 5.91 Å². The third-order valence-corrected chi connectivity index (χ3v) is 3.39. The summed E-state index contributed by atoms with van der Waals surface area (Å²) in [5.74, 6) is 0.568. The van der Waals surface area contributed by atoms with Gasteiger partial charge in [-0.2, -0.15) is 5.10 Å². The maximum absolute atomic E-state index is 12.1. The minimum absolute atomic E-state index is 0.0823. The number of aromatic nitrogens is 3. The zero-order valence-electron chi connectivity index (χ0n) is 10.1. The summed E-state index contributed by atoms with van der Waals surface area (Å²) in [6.07, 6.45) is 6.19. The number of H-pyrrole nitrogens is 1. The van der Waals surface area contributed by atoms with E-state index in [-0.39, 0.29) is 11.9 Å². The molecule has 0 aromatic carbocycles. The van der Waals surface area contributed by atoms with Crippen LogP contribution in [0, 0.1) is 0 Å². The maximum atomic E-state index is 12.1. The molecule has 6 heteroatoms. The van der Waals surface area contributed by atoms with Crippen molar-refractivity contribution in [3.05, 3.63) is 12.2 Å². The van der Waals surface area contributed by atoms with Crippen LogP contribution in [0.15, 0.2) is 6.33 Å². The Balaban J connectivity index is 1.96. The monoisotopic (exact) mass is 237 g/mol. The first-order valence-corrected chi connectivity index (χ1v) is 6.07. The van der Waals surface area contributed by atoms with Crippen molar-refractivity contribution in [2.45, 2.75) is 50.6 Å². The average Bonchev–Trinajstić information content (AvgIpc) is 2.83. The van der Waals surface area contributed by atoms with Crippen LogP contribution in [0.3, 0.4) is 0 Å². The number of aromatic amines is 1. The molecule has 0 aliphatic heterocycles. The van der Waals surface area contributed by atoms with Crippen LogP contribution in [0.4, 0.5) is 0 Å². The highest BCUT2D eigenvalue weighted by Gasteiger charge is 2.36. The normalized spacial score (nSPS) is 20.8. The van der Waals surface area contributed by atoms with Gasteiger partial charge in [0.25, 0.3) is 0 Å². The molecule has 0 radical (unpaired) electrons. The largest absolute Gasteiger partial charge is 0.345 e. The van der Waals surface area contributed by atoms with Gasteiger partial charge in [0, 0.05) is 0 Å². The molecule has 0 bridgehead atoms. The van der Waals surface area contributed by atoms with Gasteiger partial charge >= 0.3 is 0 Å². The van der Waals surface area contributed by atoms with Crippen LogP contribution in [0.5, 0.6) is 0 Å². The summed E-state index contributed by atoms with van der Waals surface area (Å²) in [4.78, 5) is 16.1. The molecule has 1 aromatic heterocycles. The molecule has 2 rings (SSSR count). The Morgan fingerprint density at radius 1 is 1.53 bits per heavy atom. The molecule has 94 valence electrons. The van der Waals surface area contributed by atoms with Gasteiger partial charge in [0.15, 0.2) is 0 Å². The van der Waals surface area contributed by atoms with E-state index in [1.165, 1.54) is 12.7 Å². The standard InChI is InChI=1S/C11H19N5O/c1-8(9-13-7-14-16-9)15-10(17)11(12)5-3-2-4-6-11/h7-8H,2-6,12H2,1H3,(H,15,17)(H,13,14,16). The minimum Gasteiger partial charge on any atom is -0.345 e. The van der Waals surface area contributed by atoms with E-state index in [0.29, 0.717) is 5.82 Å². The topological polar surface area (TPSA) is 96.7 Å². The molecule has 0 saturated heterocycles. The van der Waals surface area contributed by atoms with Crippen LogP contribution in [-0.4, -0.2) is 26.6 Å². The van der Waals surface area contributed by atoms with Crippen molar-refractivity contribution in [2.24, 2.45) is 5.73 Å². The molecular formula is C11H19N5O. The molecule has 0 spiro atoms. The van der Waals surface area contributed by atoms with Gasteiger partial charge < -0.3 is 11.1 Å². The highest BCUT2D eigenvalue weighted by molar-refractivity contribution is 5.86. The van der Waals surface area contributed by atoms with E-state index in [0.717, 1.165) is 25.7 Å². The summed E-state index contributed by atoms with van der Waals surface area (Å²) in [7, 11) is 0. The Hall–Kier alpha value is -1.43. The average molecular weight is 237 g/mol. The maximum Gasteiger partial charge on any atom is 0.240 e. The summed E-state index contributed by atoms with van der Waals surface area (Å²) < 4.78 is 0. The highest BCUT2D eigenvalue weighted by Crippen LogP contribution is 2.26. The molecule has 1 fully saturated rings. The molecule has 1 aliphatic carbocycles. The SMILES string of the molecule is CC(NC(=O)C1(N)CCCCC1)c1ncn[nH]1. The third-order valence-electron chi connectivity index (χ3n) is 3.39. The van der Waals surface area contributed by atoms with Crippen molar-refractivity contribution in [2.75, 3.05) is 0 Å². The Kier molecular flexibility index (Phi) is 3.42. The van der Waals surface area contributed by atoms with Gasteiger partial charge in [-0.1, -0.05) is 19.3 Å². The second-order valence-electron chi connectivity index (χ2n) is 4.78. The lowest BCUT2D eigenvalue weighted by molar-refractivity contribution is -0.128. The minimum atomic E-state index is -0.702.